The van der Waals surface area contributed by atoms with Gasteiger partial charge in [0.15, 0.2) is 11.5 Å². The summed E-state index contributed by atoms with van der Waals surface area (Å²) in [6, 6.07) is 10.2. The van der Waals surface area contributed by atoms with Crippen molar-refractivity contribution in [3.05, 3.63) is 53.8 Å². The highest BCUT2D eigenvalue weighted by molar-refractivity contribution is 6.39. The summed E-state index contributed by atoms with van der Waals surface area (Å²) in [5.74, 6) is -1.14. The molecule has 2 rings (SSSR count). The first-order valence-corrected chi connectivity index (χ1v) is 8.33. The Bertz CT molecular complexity index is 822. The van der Waals surface area contributed by atoms with Gasteiger partial charge in [0, 0.05) is 5.69 Å². The van der Waals surface area contributed by atoms with E-state index in [-0.39, 0.29) is 0 Å². The molecule has 0 saturated carbocycles. The summed E-state index contributed by atoms with van der Waals surface area (Å²) in [6.45, 7) is 4.71. The molecule has 0 fully saturated rings. The maximum atomic E-state index is 12.8. The highest BCUT2D eigenvalue weighted by Gasteiger charge is 2.13. The van der Waals surface area contributed by atoms with E-state index in [4.69, 9.17) is 9.47 Å². The quantitative estimate of drug-likeness (QED) is 0.444. The van der Waals surface area contributed by atoms with Gasteiger partial charge in [-0.05, 0) is 61.9 Å². The predicted octanol–water partition coefficient (Wildman–Crippen LogP) is 2.71. The lowest BCUT2D eigenvalue weighted by atomic mass is 10.2. The molecule has 0 atom stereocenters. The van der Waals surface area contributed by atoms with E-state index in [2.05, 4.69) is 15.8 Å². The van der Waals surface area contributed by atoms with Crippen molar-refractivity contribution in [3.63, 3.8) is 0 Å². The first-order valence-electron chi connectivity index (χ1n) is 8.33. The summed E-state index contributed by atoms with van der Waals surface area (Å²) >= 11 is 0. The number of ether oxygens (including phenoxy) is 2. The number of carbonyl (C=O) groups is 2. The first kappa shape index (κ1) is 19.9. The van der Waals surface area contributed by atoms with E-state index in [1.807, 2.05) is 13.8 Å². The Hall–Kier alpha value is -3.42. The Labute approximate surface area is 156 Å². The predicted molar refractivity (Wildman–Crippen MR) is 99.5 cm³/mol. The van der Waals surface area contributed by atoms with E-state index in [1.54, 1.807) is 18.2 Å². The minimum Gasteiger partial charge on any atom is -0.490 e. The van der Waals surface area contributed by atoms with Crippen LogP contribution in [0.1, 0.15) is 19.4 Å². The lowest BCUT2D eigenvalue weighted by Gasteiger charge is -2.11. The van der Waals surface area contributed by atoms with Crippen LogP contribution in [0.2, 0.25) is 0 Å². The molecule has 0 unspecified atom stereocenters. The molecule has 8 heteroatoms. The van der Waals surface area contributed by atoms with E-state index in [1.165, 1.54) is 30.5 Å². The van der Waals surface area contributed by atoms with Gasteiger partial charge in [0.1, 0.15) is 5.82 Å². The van der Waals surface area contributed by atoms with Gasteiger partial charge < -0.3 is 14.8 Å². The van der Waals surface area contributed by atoms with Gasteiger partial charge in [-0.2, -0.15) is 5.10 Å². The normalized spacial score (nSPS) is 10.5. The Balaban J connectivity index is 1.95. The molecule has 0 aromatic heterocycles. The molecular weight excluding hydrogens is 353 g/mol. The highest BCUT2D eigenvalue weighted by Crippen LogP contribution is 2.27. The number of nitrogens with zero attached hydrogens (tertiary/aromatic N) is 1. The lowest BCUT2D eigenvalue weighted by Crippen LogP contribution is -2.32. The van der Waals surface area contributed by atoms with Crippen molar-refractivity contribution in [2.45, 2.75) is 13.8 Å². The number of anilines is 1. The number of rotatable bonds is 7. The van der Waals surface area contributed by atoms with Crippen LogP contribution in [0.4, 0.5) is 10.1 Å². The van der Waals surface area contributed by atoms with Crippen molar-refractivity contribution < 1.29 is 23.5 Å². The minimum absolute atomic E-state index is 0.299. The number of hydrogen-bond donors (Lipinski definition) is 2. The summed E-state index contributed by atoms with van der Waals surface area (Å²) in [4.78, 5) is 23.5. The molecule has 2 aromatic rings. The Morgan fingerprint density at radius 1 is 1.00 bits per heavy atom. The van der Waals surface area contributed by atoms with Crippen molar-refractivity contribution in [3.8, 4) is 11.5 Å². The SMILES string of the molecule is CCOc1ccc(/C=N\NC(=O)C(=O)Nc2ccc(F)cc2)cc1OCC. The third-order valence-electron chi connectivity index (χ3n) is 3.26. The summed E-state index contributed by atoms with van der Waals surface area (Å²) < 4.78 is 23.8. The fourth-order valence-corrected chi connectivity index (χ4v) is 2.09. The Morgan fingerprint density at radius 3 is 2.33 bits per heavy atom. The van der Waals surface area contributed by atoms with Gasteiger partial charge in [0.05, 0.1) is 19.4 Å². The van der Waals surface area contributed by atoms with Crippen LogP contribution in [0.3, 0.4) is 0 Å². The van der Waals surface area contributed by atoms with Crippen molar-refractivity contribution in [2.75, 3.05) is 18.5 Å². The van der Waals surface area contributed by atoms with Crippen molar-refractivity contribution in [1.82, 2.24) is 5.43 Å². The van der Waals surface area contributed by atoms with Crippen molar-refractivity contribution in [1.29, 1.82) is 0 Å². The largest absolute Gasteiger partial charge is 0.490 e. The number of carbonyl (C=O) groups excluding carboxylic acids is 2. The van der Waals surface area contributed by atoms with Crippen LogP contribution >= 0.6 is 0 Å². The molecule has 27 heavy (non-hydrogen) atoms. The molecule has 142 valence electrons. The van der Waals surface area contributed by atoms with Crippen LogP contribution in [0.5, 0.6) is 11.5 Å². The van der Waals surface area contributed by atoms with Gasteiger partial charge in [-0.15, -0.1) is 0 Å². The van der Waals surface area contributed by atoms with Crippen LogP contribution in [0.15, 0.2) is 47.6 Å². The minimum atomic E-state index is -0.952. The number of halogens is 1. The molecule has 0 spiro atoms. The van der Waals surface area contributed by atoms with Crippen molar-refractivity contribution in [2.24, 2.45) is 5.10 Å². The second-order valence-electron chi connectivity index (χ2n) is 5.23. The molecule has 0 saturated heterocycles. The molecule has 2 aromatic carbocycles. The molecule has 7 nitrogen and oxygen atoms in total. The number of hydrogen-bond acceptors (Lipinski definition) is 5. The smallest absolute Gasteiger partial charge is 0.329 e. The maximum Gasteiger partial charge on any atom is 0.329 e. The molecule has 2 amide bonds. The van der Waals surface area contributed by atoms with Gasteiger partial charge in [0.2, 0.25) is 0 Å². The summed E-state index contributed by atoms with van der Waals surface area (Å²) in [5, 5.41) is 6.09. The van der Waals surface area contributed by atoms with E-state index in [0.29, 0.717) is 36.0 Å². The fourth-order valence-electron chi connectivity index (χ4n) is 2.09. The Morgan fingerprint density at radius 2 is 1.67 bits per heavy atom. The number of amides is 2. The summed E-state index contributed by atoms with van der Waals surface area (Å²) in [5.41, 5.74) is 3.08. The van der Waals surface area contributed by atoms with E-state index in [0.717, 1.165) is 0 Å². The molecule has 0 bridgehead atoms. The second kappa shape index (κ2) is 9.91. The molecular formula is C19H20FN3O4. The van der Waals surface area contributed by atoms with Crippen LogP contribution in [-0.4, -0.2) is 31.2 Å². The van der Waals surface area contributed by atoms with Gasteiger partial charge in [-0.25, -0.2) is 9.82 Å². The third-order valence-corrected chi connectivity index (χ3v) is 3.26. The third kappa shape index (κ3) is 6.10. The van der Waals surface area contributed by atoms with Gasteiger partial charge in [-0.1, -0.05) is 0 Å². The Kier molecular flexibility index (Phi) is 7.30. The van der Waals surface area contributed by atoms with Crippen LogP contribution in [-0.2, 0) is 9.59 Å². The zero-order chi connectivity index (χ0) is 19.6. The zero-order valence-electron chi connectivity index (χ0n) is 15.0. The standard InChI is InChI=1S/C19H20FN3O4/c1-3-26-16-10-5-13(11-17(16)27-4-2)12-21-23-19(25)18(24)22-15-8-6-14(20)7-9-15/h5-12H,3-4H2,1-2H3,(H,22,24)(H,23,25)/b21-12-. The highest BCUT2D eigenvalue weighted by atomic mass is 19.1. The van der Waals surface area contributed by atoms with Crippen LogP contribution in [0, 0.1) is 5.82 Å². The number of hydrazone groups is 1. The molecule has 0 aliphatic carbocycles. The average Bonchev–Trinajstić information content (AvgIpc) is 2.66. The van der Waals surface area contributed by atoms with Gasteiger partial charge >= 0.3 is 11.8 Å². The van der Waals surface area contributed by atoms with E-state index in [9.17, 15) is 14.0 Å². The first-order chi connectivity index (χ1) is 13.0. The average molecular weight is 373 g/mol. The van der Waals surface area contributed by atoms with Gasteiger partial charge in [-0.3, -0.25) is 9.59 Å². The molecule has 0 aliphatic rings. The van der Waals surface area contributed by atoms with Crippen molar-refractivity contribution >= 4 is 23.7 Å². The van der Waals surface area contributed by atoms with E-state index < -0.39 is 17.6 Å². The fraction of sp³-hybridized carbons (Fsp3) is 0.211. The lowest BCUT2D eigenvalue weighted by molar-refractivity contribution is -0.136. The maximum absolute atomic E-state index is 12.8. The zero-order valence-corrected chi connectivity index (χ0v) is 15.0. The van der Waals surface area contributed by atoms with Crippen LogP contribution in [0.25, 0.3) is 0 Å². The number of nitrogens with one attached hydrogen (secondary N) is 2. The second-order valence-corrected chi connectivity index (χ2v) is 5.23. The summed E-state index contributed by atoms with van der Waals surface area (Å²) in [7, 11) is 0. The summed E-state index contributed by atoms with van der Waals surface area (Å²) in [6.07, 6.45) is 1.38. The molecule has 0 aliphatic heterocycles. The number of benzene rings is 2. The molecule has 2 N–H and O–H groups in total. The van der Waals surface area contributed by atoms with E-state index >= 15 is 0 Å². The molecule has 0 radical (unpaired) electrons. The topological polar surface area (TPSA) is 89.0 Å². The monoisotopic (exact) mass is 373 g/mol. The van der Waals surface area contributed by atoms with Crippen LogP contribution < -0.4 is 20.2 Å². The molecule has 0 heterocycles. The van der Waals surface area contributed by atoms with Gasteiger partial charge in [0.25, 0.3) is 0 Å².